The first-order valence-corrected chi connectivity index (χ1v) is 8.80. The number of carbonyl (C=O) groups excluding carboxylic acids is 1. The summed E-state index contributed by atoms with van der Waals surface area (Å²) in [4.78, 5) is 15.2. The van der Waals surface area contributed by atoms with E-state index in [1.54, 1.807) is 0 Å². The summed E-state index contributed by atoms with van der Waals surface area (Å²) < 4.78 is 5.83. The molecule has 1 unspecified atom stereocenters. The van der Waals surface area contributed by atoms with Crippen LogP contribution < -0.4 is 0 Å². The summed E-state index contributed by atoms with van der Waals surface area (Å²) in [5, 5.41) is 0. The molecule has 126 valence electrons. The van der Waals surface area contributed by atoms with Crippen molar-refractivity contribution in [3.63, 3.8) is 0 Å². The van der Waals surface area contributed by atoms with E-state index in [1.165, 1.54) is 6.42 Å². The lowest BCUT2D eigenvalue weighted by atomic mass is 10.0. The molecule has 1 fully saturated rings. The van der Waals surface area contributed by atoms with Crippen LogP contribution in [0.4, 0.5) is 0 Å². The van der Waals surface area contributed by atoms with Gasteiger partial charge in [0.05, 0.1) is 0 Å². The monoisotopic (exact) mass is 323 g/mol. The number of likely N-dealkylation sites (tertiary alicyclic amines) is 1. The largest absolute Gasteiger partial charge is 0.456 e. The second-order valence-electron chi connectivity index (χ2n) is 6.40. The number of carbonyl (C=O) groups is 1. The highest BCUT2D eigenvalue weighted by molar-refractivity contribution is 5.78. The highest BCUT2D eigenvalue weighted by Crippen LogP contribution is 2.28. The van der Waals surface area contributed by atoms with E-state index in [9.17, 15) is 4.79 Å². The van der Waals surface area contributed by atoms with Gasteiger partial charge in [0.2, 0.25) is 0 Å². The van der Waals surface area contributed by atoms with Crippen LogP contribution in [0.15, 0.2) is 60.7 Å². The van der Waals surface area contributed by atoms with E-state index < -0.39 is 0 Å². The third kappa shape index (κ3) is 4.04. The standard InChI is InChI=1S/C21H25NO2/c1-17(18-11-5-2-6-12-18)24-21(23)20(19-13-7-3-8-14-19)22-15-9-4-10-16-22/h2-3,5-8,11-14,17,20H,4,9-10,15-16H2,1H3/t17-,20?/m0/s1. The quantitative estimate of drug-likeness (QED) is 0.758. The SMILES string of the molecule is C[C@H](OC(=O)C(c1ccccc1)N1CCCCC1)c1ccccc1. The molecule has 0 amide bonds. The summed E-state index contributed by atoms with van der Waals surface area (Å²) in [5.41, 5.74) is 2.04. The molecular weight excluding hydrogens is 298 g/mol. The minimum atomic E-state index is -0.308. The molecule has 3 nitrogen and oxygen atoms in total. The van der Waals surface area contributed by atoms with Gasteiger partial charge in [0.25, 0.3) is 0 Å². The van der Waals surface area contributed by atoms with Crippen LogP contribution in [0.2, 0.25) is 0 Å². The molecule has 0 radical (unpaired) electrons. The Balaban J connectivity index is 1.78. The third-order valence-corrected chi connectivity index (χ3v) is 4.66. The summed E-state index contributed by atoms with van der Waals surface area (Å²) in [6.07, 6.45) is 3.29. The van der Waals surface area contributed by atoms with Gasteiger partial charge in [0.15, 0.2) is 0 Å². The van der Waals surface area contributed by atoms with Crippen LogP contribution in [-0.4, -0.2) is 24.0 Å². The molecular formula is C21H25NO2. The van der Waals surface area contributed by atoms with E-state index in [-0.39, 0.29) is 18.1 Å². The van der Waals surface area contributed by atoms with Gasteiger partial charge >= 0.3 is 5.97 Å². The summed E-state index contributed by atoms with van der Waals surface area (Å²) in [6.45, 7) is 3.84. The van der Waals surface area contributed by atoms with E-state index in [4.69, 9.17) is 4.74 Å². The predicted molar refractivity (Wildman–Crippen MR) is 95.6 cm³/mol. The molecule has 3 heteroatoms. The lowest BCUT2D eigenvalue weighted by Crippen LogP contribution is -2.39. The maximum Gasteiger partial charge on any atom is 0.328 e. The van der Waals surface area contributed by atoms with Crippen molar-refractivity contribution in [3.05, 3.63) is 71.8 Å². The van der Waals surface area contributed by atoms with Crippen molar-refractivity contribution in [2.24, 2.45) is 0 Å². The van der Waals surface area contributed by atoms with Gasteiger partial charge in [-0.2, -0.15) is 0 Å². The van der Waals surface area contributed by atoms with Crippen LogP contribution in [0, 0.1) is 0 Å². The normalized spacial score (nSPS) is 17.9. The molecule has 0 aromatic heterocycles. The fourth-order valence-electron chi connectivity index (χ4n) is 3.34. The average Bonchev–Trinajstić information content (AvgIpc) is 2.64. The molecule has 2 atom stereocenters. The van der Waals surface area contributed by atoms with Crippen LogP contribution in [0.5, 0.6) is 0 Å². The van der Waals surface area contributed by atoms with Crippen molar-refractivity contribution < 1.29 is 9.53 Å². The number of piperidine rings is 1. The average molecular weight is 323 g/mol. The fraction of sp³-hybridized carbons (Fsp3) is 0.381. The molecule has 0 bridgehead atoms. The predicted octanol–water partition coefficient (Wildman–Crippen LogP) is 4.52. The second kappa shape index (κ2) is 8.11. The highest BCUT2D eigenvalue weighted by atomic mass is 16.5. The molecule has 0 saturated carbocycles. The van der Waals surface area contributed by atoms with E-state index in [1.807, 2.05) is 67.6 Å². The maximum absolute atomic E-state index is 13.0. The summed E-state index contributed by atoms with van der Waals surface area (Å²) in [6, 6.07) is 19.6. The first-order valence-electron chi connectivity index (χ1n) is 8.80. The molecule has 0 aliphatic carbocycles. The lowest BCUT2D eigenvalue weighted by Gasteiger charge is -2.34. The molecule has 1 saturated heterocycles. The molecule has 3 rings (SSSR count). The summed E-state index contributed by atoms with van der Waals surface area (Å²) in [7, 11) is 0. The van der Waals surface area contributed by atoms with E-state index in [2.05, 4.69) is 4.90 Å². The topological polar surface area (TPSA) is 29.5 Å². The van der Waals surface area contributed by atoms with Crippen LogP contribution in [0.3, 0.4) is 0 Å². The summed E-state index contributed by atoms with van der Waals surface area (Å²) >= 11 is 0. The first-order chi connectivity index (χ1) is 11.8. The van der Waals surface area contributed by atoms with Crippen LogP contribution in [0.25, 0.3) is 0 Å². The van der Waals surface area contributed by atoms with Crippen LogP contribution in [0.1, 0.15) is 49.5 Å². The van der Waals surface area contributed by atoms with E-state index in [0.717, 1.165) is 37.1 Å². The Hall–Kier alpha value is -2.13. The Labute approximate surface area is 144 Å². The van der Waals surface area contributed by atoms with Crippen molar-refractivity contribution in [2.75, 3.05) is 13.1 Å². The zero-order valence-corrected chi connectivity index (χ0v) is 14.2. The summed E-state index contributed by atoms with van der Waals surface area (Å²) in [5.74, 6) is -0.153. The maximum atomic E-state index is 13.0. The van der Waals surface area contributed by atoms with E-state index in [0.29, 0.717) is 0 Å². The van der Waals surface area contributed by atoms with Crippen molar-refractivity contribution in [3.8, 4) is 0 Å². The van der Waals surface area contributed by atoms with Crippen molar-refractivity contribution >= 4 is 5.97 Å². The number of ether oxygens (including phenoxy) is 1. The Morgan fingerprint density at radius 1 is 0.875 bits per heavy atom. The fourth-order valence-corrected chi connectivity index (χ4v) is 3.34. The minimum Gasteiger partial charge on any atom is -0.456 e. The zero-order valence-electron chi connectivity index (χ0n) is 14.2. The van der Waals surface area contributed by atoms with Gasteiger partial charge in [-0.15, -0.1) is 0 Å². The molecule has 0 N–H and O–H groups in total. The zero-order chi connectivity index (χ0) is 16.8. The van der Waals surface area contributed by atoms with Crippen molar-refractivity contribution in [1.29, 1.82) is 0 Å². The molecule has 1 heterocycles. The molecule has 1 aliphatic heterocycles. The minimum absolute atomic E-state index is 0.153. The highest BCUT2D eigenvalue weighted by Gasteiger charge is 2.31. The first kappa shape index (κ1) is 16.7. The Morgan fingerprint density at radius 2 is 1.42 bits per heavy atom. The Kier molecular flexibility index (Phi) is 5.65. The molecule has 1 aliphatic rings. The number of nitrogens with zero attached hydrogens (tertiary/aromatic N) is 1. The van der Waals surface area contributed by atoms with Gasteiger partial charge in [-0.3, -0.25) is 4.90 Å². The number of hydrogen-bond donors (Lipinski definition) is 0. The van der Waals surface area contributed by atoms with Gasteiger partial charge in [-0.25, -0.2) is 4.79 Å². The molecule has 2 aromatic rings. The molecule has 2 aromatic carbocycles. The Morgan fingerprint density at radius 3 is 2.00 bits per heavy atom. The number of benzene rings is 2. The molecule has 0 spiro atoms. The lowest BCUT2D eigenvalue weighted by molar-refractivity contribution is -0.156. The number of rotatable bonds is 5. The van der Waals surface area contributed by atoms with E-state index >= 15 is 0 Å². The van der Waals surface area contributed by atoms with Gasteiger partial charge in [0.1, 0.15) is 12.1 Å². The van der Waals surface area contributed by atoms with Crippen molar-refractivity contribution in [2.45, 2.75) is 38.3 Å². The number of esters is 1. The van der Waals surface area contributed by atoms with Gasteiger partial charge in [-0.1, -0.05) is 67.1 Å². The van der Waals surface area contributed by atoms with Crippen LogP contribution in [-0.2, 0) is 9.53 Å². The van der Waals surface area contributed by atoms with Gasteiger partial charge < -0.3 is 4.74 Å². The Bertz CT molecular complexity index is 635. The van der Waals surface area contributed by atoms with Crippen molar-refractivity contribution in [1.82, 2.24) is 4.90 Å². The second-order valence-corrected chi connectivity index (χ2v) is 6.40. The molecule has 24 heavy (non-hydrogen) atoms. The van der Waals surface area contributed by atoms with Gasteiger partial charge in [0, 0.05) is 0 Å². The smallest absolute Gasteiger partial charge is 0.328 e. The van der Waals surface area contributed by atoms with Gasteiger partial charge in [-0.05, 0) is 44.0 Å². The number of hydrogen-bond acceptors (Lipinski definition) is 3. The third-order valence-electron chi connectivity index (χ3n) is 4.66. The van der Waals surface area contributed by atoms with Crippen LogP contribution >= 0.6 is 0 Å².